The van der Waals surface area contributed by atoms with Crippen molar-refractivity contribution in [3.05, 3.63) is 58.9 Å². The Labute approximate surface area is 130 Å². The second kappa shape index (κ2) is 6.65. The fourth-order valence-corrected chi connectivity index (χ4v) is 2.38. The van der Waals surface area contributed by atoms with Gasteiger partial charge in [-0.1, -0.05) is 26.0 Å². The molecule has 0 N–H and O–H groups in total. The zero-order valence-corrected chi connectivity index (χ0v) is 13.0. The number of carbonyl (C=O) groups excluding carboxylic acids is 2. The Hall–Kier alpha value is -2.29. The molecule has 0 atom stereocenters. The molecule has 0 spiro atoms. The largest absolute Gasteiger partial charge is 0.298 e. The Morgan fingerprint density at radius 3 is 2.50 bits per heavy atom. The van der Waals surface area contributed by atoms with E-state index in [1.54, 1.807) is 24.3 Å². The van der Waals surface area contributed by atoms with Gasteiger partial charge in [0.15, 0.2) is 5.78 Å². The molecule has 114 valence electrons. The lowest BCUT2D eigenvalue weighted by molar-refractivity contribution is 0.0968. The highest BCUT2D eigenvalue weighted by molar-refractivity contribution is 5.99. The van der Waals surface area contributed by atoms with Crippen LogP contribution in [0.3, 0.4) is 0 Å². The van der Waals surface area contributed by atoms with Crippen LogP contribution < -0.4 is 0 Å². The van der Waals surface area contributed by atoms with Crippen molar-refractivity contribution in [1.29, 1.82) is 0 Å². The van der Waals surface area contributed by atoms with E-state index in [1.807, 2.05) is 26.8 Å². The molecule has 0 unspecified atom stereocenters. The van der Waals surface area contributed by atoms with Gasteiger partial charge in [-0.05, 0) is 48.2 Å². The van der Waals surface area contributed by atoms with E-state index in [2.05, 4.69) is 0 Å². The van der Waals surface area contributed by atoms with Crippen LogP contribution in [0.4, 0.5) is 4.39 Å². The van der Waals surface area contributed by atoms with Crippen molar-refractivity contribution in [3.8, 4) is 11.1 Å². The van der Waals surface area contributed by atoms with Crippen molar-refractivity contribution in [2.75, 3.05) is 0 Å². The average molecular weight is 298 g/mol. The van der Waals surface area contributed by atoms with Gasteiger partial charge in [0.05, 0.1) is 0 Å². The minimum Gasteiger partial charge on any atom is -0.298 e. The first-order valence-corrected chi connectivity index (χ1v) is 7.30. The molecule has 0 bridgehead atoms. The van der Waals surface area contributed by atoms with E-state index >= 15 is 0 Å². The lowest BCUT2D eigenvalue weighted by Gasteiger charge is -2.09. The maximum Gasteiger partial charge on any atom is 0.163 e. The number of aldehydes is 1. The van der Waals surface area contributed by atoms with Crippen molar-refractivity contribution < 1.29 is 14.0 Å². The molecule has 2 rings (SSSR count). The zero-order chi connectivity index (χ0) is 16.3. The Morgan fingerprint density at radius 2 is 1.91 bits per heavy atom. The molecule has 0 saturated heterocycles. The van der Waals surface area contributed by atoms with Gasteiger partial charge in [-0.3, -0.25) is 9.59 Å². The summed E-state index contributed by atoms with van der Waals surface area (Å²) in [4.78, 5) is 23.4. The van der Waals surface area contributed by atoms with E-state index in [0.29, 0.717) is 35.0 Å². The van der Waals surface area contributed by atoms with Gasteiger partial charge in [-0.2, -0.15) is 0 Å². The molecule has 0 aliphatic rings. The summed E-state index contributed by atoms with van der Waals surface area (Å²) in [6.07, 6.45) is 1.08. The van der Waals surface area contributed by atoms with E-state index in [4.69, 9.17) is 0 Å². The van der Waals surface area contributed by atoms with E-state index in [9.17, 15) is 14.0 Å². The number of hydrogen-bond donors (Lipinski definition) is 0. The van der Waals surface area contributed by atoms with Crippen LogP contribution in [0.2, 0.25) is 0 Å². The zero-order valence-electron chi connectivity index (χ0n) is 13.0. The van der Waals surface area contributed by atoms with Gasteiger partial charge in [0, 0.05) is 23.1 Å². The molecule has 2 nitrogen and oxygen atoms in total. The number of benzene rings is 2. The highest BCUT2D eigenvalue weighted by atomic mass is 19.1. The van der Waals surface area contributed by atoms with Gasteiger partial charge < -0.3 is 0 Å². The summed E-state index contributed by atoms with van der Waals surface area (Å²) < 4.78 is 14.1. The molecule has 2 aromatic carbocycles. The second-order valence-electron chi connectivity index (χ2n) is 5.97. The van der Waals surface area contributed by atoms with Crippen molar-refractivity contribution in [2.24, 2.45) is 5.92 Å². The summed E-state index contributed by atoms with van der Waals surface area (Å²) in [5, 5.41) is 0. The van der Waals surface area contributed by atoms with Crippen LogP contribution >= 0.6 is 0 Å². The van der Waals surface area contributed by atoms with Crippen molar-refractivity contribution in [3.63, 3.8) is 0 Å². The Bertz CT molecular complexity index is 717. The van der Waals surface area contributed by atoms with Crippen molar-refractivity contribution in [1.82, 2.24) is 0 Å². The lowest BCUT2D eigenvalue weighted by Crippen LogP contribution is -2.04. The van der Waals surface area contributed by atoms with E-state index in [0.717, 1.165) is 5.56 Å². The van der Waals surface area contributed by atoms with Gasteiger partial charge in [-0.15, -0.1) is 0 Å². The van der Waals surface area contributed by atoms with Crippen LogP contribution in [0.5, 0.6) is 0 Å². The van der Waals surface area contributed by atoms with Crippen LogP contribution in [0.15, 0.2) is 36.4 Å². The summed E-state index contributed by atoms with van der Waals surface area (Å²) in [6.45, 7) is 5.73. The number of hydrogen-bond acceptors (Lipinski definition) is 2. The number of carbonyl (C=O) groups is 2. The Kier molecular flexibility index (Phi) is 4.86. The summed E-state index contributed by atoms with van der Waals surface area (Å²) >= 11 is 0. The standard InChI is InChI=1S/C19H19FO2/c1-12(2)6-19(22)16-9-14(11-21)8-15(10-16)17-5-4-13(3)7-18(17)20/h4-5,7-12H,6H2,1-3H3. The normalized spacial score (nSPS) is 10.8. The number of Topliss-reactive ketones (excluding diaryl/α,β-unsaturated/α-hetero) is 1. The predicted molar refractivity (Wildman–Crippen MR) is 85.7 cm³/mol. The molecule has 0 aliphatic carbocycles. The molecule has 3 heteroatoms. The van der Waals surface area contributed by atoms with Gasteiger partial charge in [-0.25, -0.2) is 4.39 Å². The lowest BCUT2D eigenvalue weighted by atomic mass is 9.94. The quantitative estimate of drug-likeness (QED) is 0.584. The molecule has 0 aliphatic heterocycles. The van der Waals surface area contributed by atoms with Gasteiger partial charge in [0.1, 0.15) is 12.1 Å². The molecular formula is C19H19FO2. The highest BCUT2D eigenvalue weighted by Gasteiger charge is 2.13. The molecule has 2 aromatic rings. The number of rotatable bonds is 5. The first kappa shape index (κ1) is 16.1. The van der Waals surface area contributed by atoms with Gasteiger partial charge in [0.2, 0.25) is 0 Å². The average Bonchev–Trinajstić information content (AvgIpc) is 2.46. The minimum atomic E-state index is -0.356. The molecule has 0 saturated carbocycles. The summed E-state index contributed by atoms with van der Waals surface area (Å²) in [7, 11) is 0. The molecular weight excluding hydrogens is 279 g/mol. The first-order chi connectivity index (χ1) is 10.4. The Morgan fingerprint density at radius 1 is 1.18 bits per heavy atom. The van der Waals surface area contributed by atoms with Gasteiger partial charge in [0.25, 0.3) is 0 Å². The number of aryl methyl sites for hydroxylation is 1. The fourth-order valence-electron chi connectivity index (χ4n) is 2.38. The van der Waals surface area contributed by atoms with Crippen LogP contribution in [0, 0.1) is 18.7 Å². The molecule has 0 radical (unpaired) electrons. The monoisotopic (exact) mass is 298 g/mol. The van der Waals surface area contributed by atoms with Gasteiger partial charge >= 0.3 is 0 Å². The van der Waals surface area contributed by atoms with Crippen LogP contribution in [0.25, 0.3) is 11.1 Å². The molecule has 0 heterocycles. The van der Waals surface area contributed by atoms with Crippen LogP contribution in [0.1, 0.15) is 46.5 Å². The maximum atomic E-state index is 14.1. The van der Waals surface area contributed by atoms with Crippen LogP contribution in [-0.4, -0.2) is 12.1 Å². The topological polar surface area (TPSA) is 34.1 Å². The maximum absolute atomic E-state index is 14.1. The molecule has 0 aromatic heterocycles. The second-order valence-corrected chi connectivity index (χ2v) is 5.97. The third-order valence-corrected chi connectivity index (χ3v) is 3.44. The predicted octanol–water partition coefficient (Wildman–Crippen LogP) is 4.84. The Balaban J connectivity index is 2.52. The minimum absolute atomic E-state index is 0.0348. The van der Waals surface area contributed by atoms with E-state index in [-0.39, 0.29) is 17.5 Å². The summed E-state index contributed by atoms with van der Waals surface area (Å²) in [6, 6.07) is 9.75. The number of ketones is 1. The van der Waals surface area contributed by atoms with Crippen LogP contribution in [-0.2, 0) is 0 Å². The first-order valence-electron chi connectivity index (χ1n) is 7.30. The molecule has 0 fully saturated rings. The third kappa shape index (κ3) is 3.67. The summed E-state index contributed by atoms with van der Waals surface area (Å²) in [5.41, 5.74) is 2.60. The number of halogens is 1. The SMILES string of the molecule is Cc1ccc(-c2cc(C=O)cc(C(=O)CC(C)C)c2)c(F)c1. The fraction of sp³-hybridized carbons (Fsp3) is 0.263. The summed E-state index contributed by atoms with van der Waals surface area (Å²) in [5.74, 6) is -0.162. The molecule has 22 heavy (non-hydrogen) atoms. The third-order valence-electron chi connectivity index (χ3n) is 3.44. The smallest absolute Gasteiger partial charge is 0.163 e. The van der Waals surface area contributed by atoms with Crippen molar-refractivity contribution >= 4 is 12.1 Å². The van der Waals surface area contributed by atoms with E-state index < -0.39 is 0 Å². The van der Waals surface area contributed by atoms with E-state index in [1.165, 1.54) is 6.07 Å². The van der Waals surface area contributed by atoms with Crippen molar-refractivity contribution in [2.45, 2.75) is 27.2 Å². The molecule has 0 amide bonds. The highest BCUT2D eigenvalue weighted by Crippen LogP contribution is 2.26.